The van der Waals surface area contributed by atoms with E-state index in [2.05, 4.69) is 15.0 Å². The molecule has 1 aromatic heterocycles. The van der Waals surface area contributed by atoms with Crippen LogP contribution in [0.5, 0.6) is 0 Å². The average molecular weight is 308 g/mol. The van der Waals surface area contributed by atoms with Crippen molar-refractivity contribution in [1.82, 2.24) is 10.3 Å². The summed E-state index contributed by atoms with van der Waals surface area (Å²) in [6, 6.07) is 3.33. The van der Waals surface area contributed by atoms with Crippen LogP contribution in [0.2, 0.25) is 0 Å². The first kappa shape index (κ1) is 17.9. The van der Waals surface area contributed by atoms with Crippen LogP contribution in [0.25, 0.3) is 0 Å². The minimum Gasteiger partial charge on any atom is -0.469 e. The maximum atomic E-state index is 11.9. The lowest BCUT2D eigenvalue weighted by atomic mass is 9.85. The van der Waals surface area contributed by atoms with Crippen molar-refractivity contribution in [3.05, 3.63) is 29.6 Å². The maximum absolute atomic E-state index is 11.9. The number of nitrogens with one attached hydrogen (secondary N) is 1. The van der Waals surface area contributed by atoms with E-state index in [1.165, 1.54) is 7.11 Å². The van der Waals surface area contributed by atoms with Crippen molar-refractivity contribution in [3.63, 3.8) is 0 Å². The van der Waals surface area contributed by atoms with Gasteiger partial charge in [0.1, 0.15) is 6.61 Å². The van der Waals surface area contributed by atoms with E-state index in [1.807, 2.05) is 39.8 Å². The smallest absolute Gasteiger partial charge is 0.407 e. The van der Waals surface area contributed by atoms with Crippen molar-refractivity contribution in [2.45, 2.75) is 46.8 Å². The molecule has 1 rings (SSSR count). The van der Waals surface area contributed by atoms with Crippen molar-refractivity contribution in [2.24, 2.45) is 5.41 Å². The van der Waals surface area contributed by atoms with Crippen LogP contribution in [0.1, 0.15) is 38.4 Å². The van der Waals surface area contributed by atoms with Crippen molar-refractivity contribution in [1.29, 1.82) is 0 Å². The number of rotatable bonds is 5. The highest BCUT2D eigenvalue weighted by atomic mass is 16.5. The molecule has 0 saturated carbocycles. The van der Waals surface area contributed by atoms with E-state index in [0.29, 0.717) is 0 Å². The number of nitrogens with zero attached hydrogens (tertiary/aromatic N) is 1. The summed E-state index contributed by atoms with van der Waals surface area (Å²) in [6.45, 7) is 7.83. The number of methoxy groups -OCH3 is 1. The van der Waals surface area contributed by atoms with Gasteiger partial charge in [-0.05, 0) is 18.4 Å². The van der Waals surface area contributed by atoms with Crippen LogP contribution < -0.4 is 5.32 Å². The highest BCUT2D eigenvalue weighted by molar-refractivity contribution is 5.72. The number of amides is 1. The first-order chi connectivity index (χ1) is 10.2. The molecule has 1 amide bonds. The fourth-order valence-electron chi connectivity index (χ4n) is 1.74. The Labute approximate surface area is 131 Å². The summed E-state index contributed by atoms with van der Waals surface area (Å²) in [6.07, 6.45) is 1.20. The molecule has 1 heterocycles. The molecule has 22 heavy (non-hydrogen) atoms. The molecule has 1 N–H and O–H groups in total. The van der Waals surface area contributed by atoms with Gasteiger partial charge in [-0.2, -0.15) is 0 Å². The van der Waals surface area contributed by atoms with E-state index in [1.54, 1.807) is 6.20 Å². The van der Waals surface area contributed by atoms with Crippen molar-refractivity contribution in [2.75, 3.05) is 7.11 Å². The zero-order chi connectivity index (χ0) is 16.8. The normalized spacial score (nSPS) is 12.4. The monoisotopic (exact) mass is 308 g/mol. The predicted molar refractivity (Wildman–Crippen MR) is 82.2 cm³/mol. The summed E-state index contributed by atoms with van der Waals surface area (Å²) in [4.78, 5) is 27.5. The Hall–Kier alpha value is -2.11. The molecule has 0 saturated heterocycles. The lowest BCUT2D eigenvalue weighted by Gasteiger charge is -2.30. The molecule has 0 aliphatic carbocycles. The van der Waals surface area contributed by atoms with Crippen LogP contribution in [0.15, 0.2) is 18.3 Å². The van der Waals surface area contributed by atoms with E-state index >= 15 is 0 Å². The summed E-state index contributed by atoms with van der Waals surface area (Å²) < 4.78 is 9.83. The Morgan fingerprint density at radius 3 is 2.50 bits per heavy atom. The quantitative estimate of drug-likeness (QED) is 0.846. The molecule has 0 radical (unpaired) electrons. The van der Waals surface area contributed by atoms with Gasteiger partial charge in [-0.1, -0.05) is 26.8 Å². The van der Waals surface area contributed by atoms with E-state index in [9.17, 15) is 9.59 Å². The number of hydrogen-bond acceptors (Lipinski definition) is 5. The van der Waals surface area contributed by atoms with Gasteiger partial charge in [0.25, 0.3) is 0 Å². The zero-order valence-corrected chi connectivity index (χ0v) is 13.8. The molecule has 1 aromatic rings. The molecule has 0 unspecified atom stereocenters. The first-order valence-corrected chi connectivity index (χ1v) is 7.14. The zero-order valence-electron chi connectivity index (χ0n) is 13.8. The van der Waals surface area contributed by atoms with Gasteiger partial charge >= 0.3 is 12.1 Å². The Kier molecular flexibility index (Phi) is 6.34. The third-order valence-corrected chi connectivity index (χ3v) is 3.28. The molecule has 1 atom stereocenters. The second-order valence-corrected chi connectivity index (χ2v) is 6.23. The summed E-state index contributed by atoms with van der Waals surface area (Å²) in [5.74, 6) is -0.372. The Balaban J connectivity index is 2.55. The second kappa shape index (κ2) is 7.77. The number of aryl methyl sites for hydroxylation is 1. The standard InChI is InChI=1S/C16H24N2O4/c1-11-6-7-12(9-17-11)10-22-15(20)18-13(16(2,3)4)8-14(19)21-5/h6-7,9,13H,8,10H2,1-5H3,(H,18,20)/t13-/m0/s1. The van der Waals surface area contributed by atoms with Gasteiger partial charge in [-0.15, -0.1) is 0 Å². The van der Waals surface area contributed by atoms with Gasteiger partial charge in [0.05, 0.1) is 13.5 Å². The third-order valence-electron chi connectivity index (χ3n) is 3.28. The van der Waals surface area contributed by atoms with Crippen LogP contribution in [0, 0.1) is 12.3 Å². The highest BCUT2D eigenvalue weighted by Gasteiger charge is 2.29. The minimum atomic E-state index is -0.565. The molecule has 6 nitrogen and oxygen atoms in total. The summed E-state index contributed by atoms with van der Waals surface area (Å²) in [7, 11) is 1.32. The molecule has 0 aromatic carbocycles. The minimum absolute atomic E-state index is 0.0984. The van der Waals surface area contributed by atoms with E-state index in [4.69, 9.17) is 4.74 Å². The molecule has 122 valence electrons. The fraction of sp³-hybridized carbons (Fsp3) is 0.562. The summed E-state index contributed by atoms with van der Waals surface area (Å²) in [5.41, 5.74) is 1.42. The van der Waals surface area contributed by atoms with Gasteiger partial charge in [0.15, 0.2) is 0 Å². The predicted octanol–water partition coefficient (Wildman–Crippen LogP) is 2.59. The molecule has 0 aliphatic rings. The van der Waals surface area contributed by atoms with Gasteiger partial charge < -0.3 is 14.8 Å². The first-order valence-electron chi connectivity index (χ1n) is 7.14. The van der Waals surface area contributed by atoms with Crippen molar-refractivity contribution in [3.8, 4) is 0 Å². The SMILES string of the molecule is COC(=O)C[C@H](NC(=O)OCc1ccc(C)nc1)C(C)(C)C. The van der Waals surface area contributed by atoms with Gasteiger partial charge in [0, 0.05) is 23.5 Å². The van der Waals surface area contributed by atoms with E-state index in [-0.39, 0.29) is 30.5 Å². The molecule has 0 bridgehead atoms. The van der Waals surface area contributed by atoms with Crippen molar-refractivity contribution >= 4 is 12.1 Å². The van der Waals surface area contributed by atoms with Crippen LogP contribution in [-0.2, 0) is 20.9 Å². The largest absolute Gasteiger partial charge is 0.469 e. The number of alkyl carbamates (subject to hydrolysis) is 1. The number of carbonyl (C=O) groups excluding carboxylic acids is 2. The van der Waals surface area contributed by atoms with Crippen molar-refractivity contribution < 1.29 is 19.1 Å². The van der Waals surface area contributed by atoms with Crippen LogP contribution in [0.3, 0.4) is 0 Å². The molecule has 0 fully saturated rings. The molecule has 6 heteroatoms. The average Bonchev–Trinajstić information content (AvgIpc) is 2.44. The van der Waals surface area contributed by atoms with E-state index < -0.39 is 6.09 Å². The van der Waals surface area contributed by atoms with Gasteiger partial charge in [0.2, 0.25) is 0 Å². The van der Waals surface area contributed by atoms with Crippen LogP contribution in [0.4, 0.5) is 4.79 Å². The summed E-state index contributed by atoms with van der Waals surface area (Å²) >= 11 is 0. The van der Waals surface area contributed by atoms with E-state index in [0.717, 1.165) is 11.3 Å². The molecular formula is C16H24N2O4. The fourth-order valence-corrected chi connectivity index (χ4v) is 1.74. The van der Waals surface area contributed by atoms with Gasteiger partial charge in [-0.25, -0.2) is 4.79 Å². The number of esters is 1. The van der Waals surface area contributed by atoms with Crippen LogP contribution in [-0.4, -0.2) is 30.2 Å². The number of ether oxygens (including phenoxy) is 2. The summed E-state index contributed by atoms with van der Waals surface area (Å²) in [5, 5.41) is 2.72. The second-order valence-electron chi connectivity index (χ2n) is 6.23. The number of pyridine rings is 1. The lowest BCUT2D eigenvalue weighted by molar-refractivity contribution is -0.141. The van der Waals surface area contributed by atoms with Crippen LogP contribution >= 0.6 is 0 Å². The highest BCUT2D eigenvalue weighted by Crippen LogP contribution is 2.22. The Morgan fingerprint density at radius 2 is 2.00 bits per heavy atom. The molecular weight excluding hydrogens is 284 g/mol. The number of hydrogen-bond donors (Lipinski definition) is 1. The number of aromatic nitrogens is 1. The third kappa shape index (κ3) is 6.11. The maximum Gasteiger partial charge on any atom is 0.407 e. The lowest BCUT2D eigenvalue weighted by Crippen LogP contribution is -2.45. The molecule has 0 aliphatic heterocycles. The number of carbonyl (C=O) groups is 2. The Bertz CT molecular complexity index is 506. The molecule has 0 spiro atoms. The topological polar surface area (TPSA) is 77.5 Å². The Morgan fingerprint density at radius 1 is 1.32 bits per heavy atom. The van der Waals surface area contributed by atoms with Gasteiger partial charge in [-0.3, -0.25) is 9.78 Å².